The Morgan fingerprint density at radius 3 is 2.79 bits per heavy atom. The molecule has 14 heavy (non-hydrogen) atoms. The van der Waals surface area contributed by atoms with E-state index in [9.17, 15) is 5.11 Å². The molecule has 0 atom stereocenters. The fourth-order valence-electron chi connectivity index (χ4n) is 1.05. The first-order chi connectivity index (χ1) is 6.74. The highest BCUT2D eigenvalue weighted by Gasteiger charge is 2.00. The average molecular weight is 191 g/mol. The van der Waals surface area contributed by atoms with Crippen LogP contribution in [0.4, 0.5) is 0 Å². The lowest BCUT2D eigenvalue weighted by molar-refractivity contribution is 0.444. The van der Waals surface area contributed by atoms with Gasteiger partial charge in [-0.25, -0.2) is 0 Å². The number of hydrogen-bond donors (Lipinski definition) is 3. The van der Waals surface area contributed by atoms with E-state index in [1.807, 2.05) is 0 Å². The first-order valence-corrected chi connectivity index (χ1v) is 4.35. The second-order valence-electron chi connectivity index (χ2n) is 2.84. The van der Waals surface area contributed by atoms with Crippen molar-refractivity contribution in [3.63, 3.8) is 0 Å². The molecule has 3 N–H and O–H groups in total. The van der Waals surface area contributed by atoms with E-state index < -0.39 is 0 Å². The molecule has 0 saturated heterocycles. The normalized spacial score (nSPS) is 9.21. The van der Waals surface area contributed by atoms with Crippen LogP contribution in [-0.4, -0.2) is 16.8 Å². The van der Waals surface area contributed by atoms with Crippen molar-refractivity contribution in [2.45, 2.75) is 13.5 Å². The predicted molar refractivity (Wildman–Crippen MR) is 54.9 cm³/mol. The Balaban J connectivity index is 2.53. The van der Waals surface area contributed by atoms with Gasteiger partial charge in [0.25, 0.3) is 0 Å². The third-order valence-electron chi connectivity index (χ3n) is 1.77. The van der Waals surface area contributed by atoms with Gasteiger partial charge in [-0.15, -0.1) is 5.92 Å². The smallest absolute Gasteiger partial charge is 0.123 e. The number of phenolic OH excluding ortho intramolecular Hbond substituents is 2. The third kappa shape index (κ3) is 3.00. The first-order valence-electron chi connectivity index (χ1n) is 4.35. The van der Waals surface area contributed by atoms with Gasteiger partial charge in [-0.2, -0.15) is 0 Å². The zero-order valence-electron chi connectivity index (χ0n) is 8.04. The van der Waals surface area contributed by atoms with Crippen molar-refractivity contribution in [3.8, 4) is 23.3 Å². The van der Waals surface area contributed by atoms with E-state index in [4.69, 9.17) is 5.11 Å². The fraction of sp³-hybridized carbons (Fsp3) is 0.273. The molecule has 1 rings (SSSR count). The Bertz CT molecular complexity index is 363. The molecular formula is C11H13NO2. The molecule has 0 aliphatic heterocycles. The van der Waals surface area contributed by atoms with Gasteiger partial charge in [0.2, 0.25) is 0 Å². The molecule has 3 nitrogen and oxygen atoms in total. The largest absolute Gasteiger partial charge is 0.508 e. The zero-order chi connectivity index (χ0) is 10.4. The maximum atomic E-state index is 9.41. The lowest BCUT2D eigenvalue weighted by Gasteiger charge is -2.04. The minimum atomic E-state index is 0.0691. The molecule has 74 valence electrons. The van der Waals surface area contributed by atoms with Gasteiger partial charge in [0.1, 0.15) is 11.5 Å². The molecule has 0 heterocycles. The van der Waals surface area contributed by atoms with E-state index in [2.05, 4.69) is 17.2 Å². The number of nitrogens with one attached hydrogen (secondary N) is 1. The molecule has 0 fully saturated rings. The Hall–Kier alpha value is -1.66. The second kappa shape index (κ2) is 5.15. The highest BCUT2D eigenvalue weighted by molar-refractivity contribution is 5.38. The summed E-state index contributed by atoms with van der Waals surface area (Å²) in [6.45, 7) is 2.91. The van der Waals surface area contributed by atoms with Crippen molar-refractivity contribution in [2.24, 2.45) is 0 Å². The van der Waals surface area contributed by atoms with Crippen LogP contribution in [0.1, 0.15) is 12.5 Å². The molecule has 0 aliphatic carbocycles. The Kier molecular flexibility index (Phi) is 3.84. The molecule has 0 saturated carbocycles. The van der Waals surface area contributed by atoms with Crippen molar-refractivity contribution >= 4 is 0 Å². The van der Waals surface area contributed by atoms with Crippen LogP contribution >= 0.6 is 0 Å². The number of aromatic hydroxyl groups is 2. The zero-order valence-corrected chi connectivity index (χ0v) is 8.04. The third-order valence-corrected chi connectivity index (χ3v) is 1.77. The van der Waals surface area contributed by atoms with Crippen LogP contribution in [-0.2, 0) is 6.54 Å². The maximum absolute atomic E-state index is 9.41. The fourth-order valence-corrected chi connectivity index (χ4v) is 1.05. The van der Waals surface area contributed by atoms with Crippen LogP contribution < -0.4 is 5.32 Å². The van der Waals surface area contributed by atoms with E-state index in [1.165, 1.54) is 6.07 Å². The highest BCUT2D eigenvalue weighted by Crippen LogP contribution is 2.21. The van der Waals surface area contributed by atoms with Gasteiger partial charge in [-0.1, -0.05) is 12.0 Å². The van der Waals surface area contributed by atoms with Crippen molar-refractivity contribution < 1.29 is 10.2 Å². The Labute approximate surface area is 83.4 Å². The molecule has 0 amide bonds. The van der Waals surface area contributed by atoms with E-state index >= 15 is 0 Å². The minimum absolute atomic E-state index is 0.0691. The Morgan fingerprint density at radius 1 is 1.36 bits per heavy atom. The lowest BCUT2D eigenvalue weighted by Crippen LogP contribution is -2.13. The van der Waals surface area contributed by atoms with Gasteiger partial charge < -0.3 is 15.5 Å². The summed E-state index contributed by atoms with van der Waals surface area (Å²) in [6, 6.07) is 4.54. The van der Waals surface area contributed by atoms with Gasteiger partial charge in [0.15, 0.2) is 0 Å². The second-order valence-corrected chi connectivity index (χ2v) is 2.84. The number of rotatable bonds is 3. The van der Waals surface area contributed by atoms with Crippen LogP contribution in [0.25, 0.3) is 0 Å². The van der Waals surface area contributed by atoms with Crippen molar-refractivity contribution in [1.82, 2.24) is 5.32 Å². The quantitative estimate of drug-likeness (QED) is 0.497. The average Bonchev–Trinajstić information content (AvgIpc) is 2.15. The molecule has 0 spiro atoms. The summed E-state index contributed by atoms with van der Waals surface area (Å²) in [6.07, 6.45) is 0. The lowest BCUT2D eigenvalue weighted by atomic mass is 10.2. The predicted octanol–water partition coefficient (Wildman–Crippen LogP) is 1.21. The molecule has 0 aliphatic rings. The summed E-state index contributed by atoms with van der Waals surface area (Å²) in [7, 11) is 0. The van der Waals surface area contributed by atoms with Crippen LogP contribution in [0.15, 0.2) is 18.2 Å². The van der Waals surface area contributed by atoms with E-state index in [0.29, 0.717) is 13.1 Å². The maximum Gasteiger partial charge on any atom is 0.123 e. The summed E-state index contributed by atoms with van der Waals surface area (Å²) in [4.78, 5) is 0. The van der Waals surface area contributed by atoms with Crippen molar-refractivity contribution in [1.29, 1.82) is 0 Å². The topological polar surface area (TPSA) is 52.5 Å². The SMILES string of the molecule is CC#CCNCc1ccc(O)cc1O. The first kappa shape index (κ1) is 10.4. The number of phenols is 2. The number of benzene rings is 1. The summed E-state index contributed by atoms with van der Waals surface area (Å²) in [5.41, 5.74) is 0.751. The molecule has 0 bridgehead atoms. The summed E-state index contributed by atoms with van der Waals surface area (Å²) in [5.74, 6) is 5.79. The van der Waals surface area contributed by atoms with Crippen molar-refractivity contribution in [2.75, 3.05) is 6.54 Å². The van der Waals surface area contributed by atoms with Crippen LogP contribution in [0.3, 0.4) is 0 Å². The Morgan fingerprint density at radius 2 is 2.14 bits per heavy atom. The summed E-state index contributed by atoms with van der Waals surface area (Å²) < 4.78 is 0. The van der Waals surface area contributed by atoms with Gasteiger partial charge >= 0.3 is 0 Å². The van der Waals surface area contributed by atoms with Crippen LogP contribution in [0.5, 0.6) is 11.5 Å². The monoisotopic (exact) mass is 191 g/mol. The summed E-state index contributed by atoms with van der Waals surface area (Å²) in [5, 5.41) is 21.5. The molecule has 1 aromatic rings. The molecule has 0 unspecified atom stereocenters. The van der Waals surface area contributed by atoms with E-state index in [1.54, 1.807) is 19.1 Å². The van der Waals surface area contributed by atoms with E-state index in [0.717, 1.165) is 5.56 Å². The van der Waals surface area contributed by atoms with E-state index in [-0.39, 0.29) is 11.5 Å². The number of hydrogen-bond acceptors (Lipinski definition) is 3. The molecular weight excluding hydrogens is 178 g/mol. The molecule has 0 radical (unpaired) electrons. The minimum Gasteiger partial charge on any atom is -0.508 e. The molecule has 0 aromatic heterocycles. The molecule has 3 heteroatoms. The molecule has 1 aromatic carbocycles. The standard InChI is InChI=1S/C11H13NO2/c1-2-3-6-12-8-9-4-5-10(13)7-11(9)14/h4-5,7,12-14H,6,8H2,1H3. The van der Waals surface area contributed by atoms with Gasteiger partial charge in [0.05, 0.1) is 6.54 Å². The van der Waals surface area contributed by atoms with Gasteiger partial charge in [-0.3, -0.25) is 0 Å². The highest BCUT2D eigenvalue weighted by atomic mass is 16.3. The van der Waals surface area contributed by atoms with Gasteiger partial charge in [-0.05, 0) is 13.0 Å². The van der Waals surface area contributed by atoms with Crippen molar-refractivity contribution in [3.05, 3.63) is 23.8 Å². The van der Waals surface area contributed by atoms with Gasteiger partial charge in [0, 0.05) is 18.2 Å². The van der Waals surface area contributed by atoms with Crippen LogP contribution in [0, 0.1) is 11.8 Å². The van der Waals surface area contributed by atoms with Crippen LogP contribution in [0.2, 0.25) is 0 Å². The summed E-state index contributed by atoms with van der Waals surface area (Å²) >= 11 is 0.